The third-order valence-corrected chi connectivity index (χ3v) is 12.2. The zero-order valence-corrected chi connectivity index (χ0v) is 33.8. The summed E-state index contributed by atoms with van der Waals surface area (Å²) in [5, 5.41) is 38.2. The van der Waals surface area contributed by atoms with Crippen LogP contribution in [0.25, 0.3) is 0 Å². The maximum atomic E-state index is 15.1. The number of rotatable bonds is 8. The minimum absolute atomic E-state index is 0.0101. The number of ketones is 1. The van der Waals surface area contributed by atoms with E-state index >= 15 is 4.79 Å². The van der Waals surface area contributed by atoms with Gasteiger partial charge in [0, 0.05) is 18.8 Å². The zero-order valence-electron chi connectivity index (χ0n) is 33.8. The molecule has 12 atom stereocenters. The molecule has 4 N–H and O–H groups in total. The molecule has 1 aromatic rings. The molecule has 6 rings (SSSR count). The Balaban J connectivity index is 1.56. The van der Waals surface area contributed by atoms with E-state index in [1.54, 1.807) is 78.8 Å². The summed E-state index contributed by atoms with van der Waals surface area (Å²) >= 11 is 0. The second-order valence-corrected chi connectivity index (χ2v) is 17.6. The molecule has 0 aromatic heterocycles. The van der Waals surface area contributed by atoms with Gasteiger partial charge in [0.1, 0.15) is 23.6 Å². The van der Waals surface area contributed by atoms with Crippen LogP contribution in [-0.4, -0.2) is 117 Å². The van der Waals surface area contributed by atoms with Gasteiger partial charge in [0.25, 0.3) is 0 Å². The fourth-order valence-corrected chi connectivity index (χ4v) is 9.78. The first-order valence-electron chi connectivity index (χ1n) is 19.0. The van der Waals surface area contributed by atoms with Gasteiger partial charge in [0.05, 0.1) is 30.1 Å². The second-order valence-electron chi connectivity index (χ2n) is 17.6. The number of carbonyl (C=O) groups is 5. The molecule has 2 saturated carbocycles. The fraction of sp³-hybridized carbons (Fsp3) is 0.634. The summed E-state index contributed by atoms with van der Waals surface area (Å²) in [5.41, 5.74) is -7.47. The Bertz CT molecular complexity index is 1880. The number of alkyl carbamates (subject to hydrolysis) is 1. The monoisotopic (exact) mass is 799 g/mol. The molecule has 2 bridgehead atoms. The van der Waals surface area contributed by atoms with E-state index in [4.69, 9.17) is 33.2 Å². The molecule has 2 unspecified atom stereocenters. The number of hydrogen-bond donors (Lipinski definition) is 4. The topological polar surface area (TPSA) is 223 Å². The third kappa shape index (κ3) is 6.67. The molecule has 1 amide bonds. The van der Waals surface area contributed by atoms with Crippen molar-refractivity contribution in [3.05, 3.63) is 53.1 Å². The Labute approximate surface area is 330 Å². The van der Waals surface area contributed by atoms with E-state index in [0.717, 1.165) is 0 Å². The van der Waals surface area contributed by atoms with E-state index in [9.17, 15) is 34.5 Å². The minimum Gasteiger partial charge on any atom is -0.486 e. The highest BCUT2D eigenvalue weighted by molar-refractivity contribution is 5.94. The highest BCUT2D eigenvalue weighted by atomic mass is 16.8. The molecule has 4 fully saturated rings. The van der Waals surface area contributed by atoms with Crippen molar-refractivity contribution in [2.45, 2.75) is 141 Å². The smallest absolute Gasteiger partial charge is 0.486 e. The van der Waals surface area contributed by atoms with Crippen molar-refractivity contribution in [2.24, 2.45) is 16.7 Å². The number of carbonyl (C=O) groups excluding carboxylic acids is 5. The lowest BCUT2D eigenvalue weighted by molar-refractivity contribution is -0.343. The summed E-state index contributed by atoms with van der Waals surface area (Å²) < 4.78 is 42.5. The van der Waals surface area contributed by atoms with Gasteiger partial charge in [-0.05, 0) is 71.7 Å². The van der Waals surface area contributed by atoms with Gasteiger partial charge < -0.3 is 53.8 Å². The number of amides is 1. The van der Waals surface area contributed by atoms with Crippen molar-refractivity contribution < 1.29 is 72.5 Å². The number of benzene rings is 1. The Morgan fingerprint density at radius 3 is 2.25 bits per heavy atom. The molecule has 2 aliphatic heterocycles. The van der Waals surface area contributed by atoms with Gasteiger partial charge >= 0.3 is 24.2 Å². The second kappa shape index (κ2) is 14.4. The average molecular weight is 800 g/mol. The van der Waals surface area contributed by atoms with Crippen LogP contribution >= 0.6 is 0 Å². The average Bonchev–Trinajstić information content (AvgIpc) is 3.46. The zero-order chi connectivity index (χ0) is 42.2. The molecule has 57 heavy (non-hydrogen) atoms. The number of nitrogens with one attached hydrogen (secondary N) is 1. The molecular formula is C41H53NO15. The fourth-order valence-electron chi connectivity index (χ4n) is 9.78. The van der Waals surface area contributed by atoms with Gasteiger partial charge in [-0.15, -0.1) is 0 Å². The molecule has 16 nitrogen and oxygen atoms in total. The first kappa shape index (κ1) is 42.1. The van der Waals surface area contributed by atoms with Crippen LogP contribution in [0.1, 0.15) is 75.7 Å². The first-order chi connectivity index (χ1) is 26.4. The lowest BCUT2D eigenvalue weighted by atomic mass is 9.44. The van der Waals surface area contributed by atoms with E-state index in [2.05, 4.69) is 5.32 Å². The van der Waals surface area contributed by atoms with Crippen LogP contribution in [0.4, 0.5) is 9.59 Å². The summed E-state index contributed by atoms with van der Waals surface area (Å²) in [6, 6.07) is 7.01. The molecule has 1 spiro atoms. The van der Waals surface area contributed by atoms with Crippen LogP contribution < -0.4 is 10.1 Å². The Kier molecular flexibility index (Phi) is 10.6. The Morgan fingerprint density at radius 2 is 1.68 bits per heavy atom. The van der Waals surface area contributed by atoms with Crippen LogP contribution in [0, 0.1) is 16.7 Å². The van der Waals surface area contributed by atoms with Crippen LogP contribution in [0.15, 0.2) is 53.1 Å². The quantitative estimate of drug-likeness (QED) is 0.168. The van der Waals surface area contributed by atoms with Gasteiger partial charge in [-0.1, -0.05) is 43.7 Å². The van der Waals surface area contributed by atoms with Crippen LogP contribution in [0.2, 0.25) is 0 Å². The van der Waals surface area contributed by atoms with Crippen molar-refractivity contribution in [2.75, 3.05) is 6.61 Å². The number of allylic oxidation sites excluding steroid dienone is 1. The standard InChI is InChI=1S/C41H53NO15/c1-19(2)16-23(42-35(49)56-37(5,6)7)27(45)34(48)53-29-20(3)26-28(46)31(47)39(10)24(44)17-25-40(18-51-25,55-21(4)43)30(39)33(52-22-14-12-11-13-15-22)41(38(26,8)9)32(29)54-36(50)57-41/h11-16,23-25,27-30,32-33,44-46H,17-18H2,1-10H3,(H,42,49)/t23-,24-,25?,27+,28+,29+,30?,32-,33-,39+,40-,41+/m0/s1. The Hall–Kier alpha value is -4.51. The minimum atomic E-state index is -2.11. The van der Waals surface area contributed by atoms with E-state index in [1.165, 1.54) is 26.8 Å². The van der Waals surface area contributed by atoms with Gasteiger partial charge in [-0.25, -0.2) is 14.4 Å². The normalized spacial score (nSPS) is 36.1. The number of ether oxygens (including phenoxy) is 7. The number of hydrogen-bond acceptors (Lipinski definition) is 15. The summed E-state index contributed by atoms with van der Waals surface area (Å²) in [4.78, 5) is 68.6. The highest BCUT2D eigenvalue weighted by Crippen LogP contribution is 2.66. The van der Waals surface area contributed by atoms with Crippen molar-refractivity contribution in [1.82, 2.24) is 5.32 Å². The summed E-state index contributed by atoms with van der Waals surface area (Å²) in [7, 11) is 0. The first-order valence-corrected chi connectivity index (χ1v) is 19.0. The maximum Gasteiger partial charge on any atom is 0.509 e. The number of aliphatic hydroxyl groups is 3. The summed E-state index contributed by atoms with van der Waals surface area (Å²) in [6.07, 6.45) is -12.1. The largest absolute Gasteiger partial charge is 0.509 e. The van der Waals surface area contributed by atoms with Crippen molar-refractivity contribution in [3.8, 4) is 5.75 Å². The molecule has 16 heteroatoms. The van der Waals surface area contributed by atoms with Crippen LogP contribution in [0.3, 0.4) is 0 Å². The lowest BCUT2D eigenvalue weighted by Gasteiger charge is -2.67. The third-order valence-electron chi connectivity index (χ3n) is 12.2. The van der Waals surface area contributed by atoms with E-state index < -0.39 is 112 Å². The number of para-hydroxylation sites is 1. The molecule has 1 aromatic carbocycles. The van der Waals surface area contributed by atoms with Crippen LogP contribution in [0.5, 0.6) is 5.75 Å². The summed E-state index contributed by atoms with van der Waals surface area (Å²) in [6.45, 7) is 15.5. The molecule has 2 heterocycles. The highest BCUT2D eigenvalue weighted by Gasteiger charge is 2.82. The number of Topliss-reactive ketones (excluding diaryl/α,β-unsaturated/α-hetero) is 1. The molecule has 0 radical (unpaired) electrons. The molecule has 312 valence electrons. The molecular weight excluding hydrogens is 746 g/mol. The van der Waals surface area contributed by atoms with E-state index in [1.807, 2.05) is 0 Å². The van der Waals surface area contributed by atoms with E-state index in [0.29, 0.717) is 5.57 Å². The number of fused-ring (bicyclic) bond motifs is 4. The van der Waals surface area contributed by atoms with Crippen molar-refractivity contribution in [3.63, 3.8) is 0 Å². The number of aliphatic hydroxyl groups excluding tert-OH is 3. The predicted octanol–water partition coefficient (Wildman–Crippen LogP) is 3.23. The van der Waals surface area contributed by atoms with Gasteiger partial charge in [-0.3, -0.25) is 9.59 Å². The summed E-state index contributed by atoms with van der Waals surface area (Å²) in [5.74, 6) is -4.01. The predicted molar refractivity (Wildman–Crippen MR) is 197 cm³/mol. The SMILES string of the molecule is CC(=O)O[C@@]12COC1C[C@H](O)[C@@]1(C)C(=O)[C@H](O)C3=C(C)[C@@H](OC(=O)[C@H](O)[C@H](C=C(C)C)NC(=O)OC(C)(C)C)[C@@H]4OC(=O)O[C@]4([C@@H](Oc4ccccc4)C21)C3(C)C. The number of esters is 2. The van der Waals surface area contributed by atoms with Crippen molar-refractivity contribution >= 4 is 30.0 Å². The van der Waals surface area contributed by atoms with Crippen molar-refractivity contribution in [1.29, 1.82) is 0 Å². The molecule has 5 aliphatic rings. The maximum absolute atomic E-state index is 15.1. The van der Waals surface area contributed by atoms with Crippen LogP contribution in [-0.2, 0) is 42.8 Å². The molecule has 2 saturated heterocycles. The Morgan fingerprint density at radius 1 is 1.04 bits per heavy atom. The van der Waals surface area contributed by atoms with Gasteiger partial charge in [0.15, 0.2) is 35.8 Å². The lowest BCUT2D eigenvalue weighted by Crippen LogP contribution is -2.83. The van der Waals surface area contributed by atoms with Gasteiger partial charge in [-0.2, -0.15) is 0 Å². The van der Waals surface area contributed by atoms with E-state index in [-0.39, 0.29) is 29.9 Å². The van der Waals surface area contributed by atoms with Gasteiger partial charge in [0.2, 0.25) is 5.60 Å². The molecule has 3 aliphatic carbocycles.